The molecule has 3 heterocycles. The van der Waals surface area contributed by atoms with Crippen molar-refractivity contribution in [3.05, 3.63) is 59.9 Å². The van der Waals surface area contributed by atoms with Crippen LogP contribution in [-0.2, 0) is 0 Å². The topological polar surface area (TPSA) is 36.4 Å². The van der Waals surface area contributed by atoms with E-state index in [9.17, 15) is 13.6 Å². The summed E-state index contributed by atoms with van der Waals surface area (Å²) in [5, 5.41) is 0. The highest BCUT2D eigenvalue weighted by Crippen LogP contribution is 2.44. The van der Waals surface area contributed by atoms with Crippen molar-refractivity contribution in [3.8, 4) is 0 Å². The minimum Gasteiger partial charge on any atom is -0.363 e. The predicted molar refractivity (Wildman–Crippen MR) is 99.6 cm³/mol. The van der Waals surface area contributed by atoms with Crippen molar-refractivity contribution in [1.82, 2.24) is 9.88 Å². The first-order valence-corrected chi connectivity index (χ1v) is 9.30. The molecular formula is C21H23F2N3O. The number of rotatable bonds is 2. The van der Waals surface area contributed by atoms with E-state index in [1.807, 2.05) is 6.07 Å². The first-order valence-electron chi connectivity index (χ1n) is 9.30. The molecule has 1 aromatic heterocycles. The van der Waals surface area contributed by atoms with Crippen molar-refractivity contribution in [2.24, 2.45) is 5.92 Å². The standard InChI is InChI=1S/C21H23F2N3O/c1-21(2)10-15-13-25(20(27)14-8-17(23)12-24-11-14)7-6-19(15)26(21)18-5-3-4-16(22)9-18/h3-5,8-9,11-12,15,19H,6-7,10,13H2,1-2H3/t15-,19+/m1/s1. The number of carbonyl (C=O) groups is 1. The molecule has 0 radical (unpaired) electrons. The number of nitrogens with zero attached hydrogens (tertiary/aromatic N) is 3. The van der Waals surface area contributed by atoms with E-state index in [1.165, 1.54) is 18.3 Å². The Balaban J connectivity index is 1.55. The number of pyridine rings is 1. The summed E-state index contributed by atoms with van der Waals surface area (Å²) < 4.78 is 27.2. The number of hydrogen-bond donors (Lipinski definition) is 0. The van der Waals surface area contributed by atoms with Gasteiger partial charge >= 0.3 is 0 Å². The minimum atomic E-state index is -0.505. The van der Waals surface area contributed by atoms with Crippen molar-refractivity contribution in [2.45, 2.75) is 38.3 Å². The van der Waals surface area contributed by atoms with E-state index in [4.69, 9.17) is 0 Å². The summed E-state index contributed by atoms with van der Waals surface area (Å²) in [5.41, 5.74) is 1.05. The van der Waals surface area contributed by atoms with Crippen molar-refractivity contribution in [1.29, 1.82) is 0 Å². The highest BCUT2D eigenvalue weighted by molar-refractivity contribution is 5.94. The van der Waals surface area contributed by atoms with Crippen molar-refractivity contribution in [3.63, 3.8) is 0 Å². The lowest BCUT2D eigenvalue weighted by atomic mass is 9.89. The molecule has 27 heavy (non-hydrogen) atoms. The Labute approximate surface area is 157 Å². The number of piperidine rings is 1. The number of likely N-dealkylation sites (tertiary alicyclic amines) is 1. The summed E-state index contributed by atoms with van der Waals surface area (Å²) >= 11 is 0. The molecule has 1 aromatic carbocycles. The van der Waals surface area contributed by atoms with E-state index in [0.29, 0.717) is 19.0 Å². The lowest BCUT2D eigenvalue weighted by molar-refractivity contribution is 0.0666. The molecule has 2 aliphatic heterocycles. The highest BCUT2D eigenvalue weighted by atomic mass is 19.1. The van der Waals surface area contributed by atoms with Crippen LogP contribution in [0.2, 0.25) is 0 Å². The van der Waals surface area contributed by atoms with Gasteiger partial charge in [-0.05, 0) is 56.9 Å². The molecule has 1 amide bonds. The molecule has 0 saturated carbocycles. The van der Waals surface area contributed by atoms with E-state index < -0.39 is 5.82 Å². The van der Waals surface area contributed by atoms with Gasteiger partial charge in [0, 0.05) is 36.6 Å². The molecule has 2 fully saturated rings. The zero-order chi connectivity index (χ0) is 19.2. The van der Waals surface area contributed by atoms with Crippen LogP contribution < -0.4 is 4.90 Å². The number of anilines is 1. The molecule has 0 bridgehead atoms. The van der Waals surface area contributed by atoms with E-state index in [-0.39, 0.29) is 28.9 Å². The maximum Gasteiger partial charge on any atom is 0.255 e. The summed E-state index contributed by atoms with van der Waals surface area (Å²) in [6, 6.07) is 8.22. The zero-order valence-electron chi connectivity index (χ0n) is 15.5. The Morgan fingerprint density at radius 1 is 1.19 bits per heavy atom. The molecule has 0 unspecified atom stereocenters. The quantitative estimate of drug-likeness (QED) is 0.804. The highest BCUT2D eigenvalue weighted by Gasteiger charge is 2.48. The Morgan fingerprint density at radius 2 is 2.00 bits per heavy atom. The number of fused-ring (bicyclic) bond motifs is 1. The van der Waals surface area contributed by atoms with Crippen molar-refractivity contribution >= 4 is 11.6 Å². The maximum atomic E-state index is 13.8. The van der Waals surface area contributed by atoms with E-state index >= 15 is 0 Å². The SMILES string of the molecule is CC1(C)C[C@@H]2CN(C(=O)c3cncc(F)c3)CC[C@@H]2N1c1cccc(F)c1. The van der Waals surface area contributed by atoms with Crippen LogP contribution in [0.1, 0.15) is 37.0 Å². The molecule has 2 aliphatic rings. The van der Waals surface area contributed by atoms with Crippen LogP contribution in [0.3, 0.4) is 0 Å². The van der Waals surface area contributed by atoms with Crippen molar-refractivity contribution < 1.29 is 13.6 Å². The van der Waals surface area contributed by atoms with Crippen molar-refractivity contribution in [2.75, 3.05) is 18.0 Å². The van der Waals surface area contributed by atoms with E-state index in [1.54, 1.807) is 17.0 Å². The average molecular weight is 371 g/mol. The van der Waals surface area contributed by atoms with Gasteiger partial charge < -0.3 is 9.80 Å². The van der Waals surface area contributed by atoms with E-state index in [0.717, 1.165) is 24.7 Å². The number of hydrogen-bond acceptors (Lipinski definition) is 3. The number of aromatic nitrogens is 1. The van der Waals surface area contributed by atoms with Gasteiger partial charge in [0.05, 0.1) is 11.8 Å². The Hall–Kier alpha value is -2.50. The summed E-state index contributed by atoms with van der Waals surface area (Å²) in [6.07, 6.45) is 4.23. The number of amides is 1. The number of benzene rings is 1. The van der Waals surface area contributed by atoms with Gasteiger partial charge in [0.15, 0.2) is 0 Å². The minimum absolute atomic E-state index is 0.122. The molecule has 0 N–H and O–H groups in total. The zero-order valence-corrected chi connectivity index (χ0v) is 15.5. The summed E-state index contributed by atoms with van der Waals surface area (Å²) in [7, 11) is 0. The molecule has 4 nitrogen and oxygen atoms in total. The van der Waals surface area contributed by atoms with Crippen LogP contribution in [0.4, 0.5) is 14.5 Å². The number of carbonyl (C=O) groups excluding carboxylic acids is 1. The Kier molecular flexibility index (Phi) is 4.36. The van der Waals surface area contributed by atoms with Crippen LogP contribution in [0, 0.1) is 17.6 Å². The molecule has 2 atom stereocenters. The second-order valence-electron chi connectivity index (χ2n) is 8.13. The van der Waals surface area contributed by atoms with Gasteiger partial charge in [-0.25, -0.2) is 8.78 Å². The lowest BCUT2D eigenvalue weighted by Gasteiger charge is -2.41. The first kappa shape index (κ1) is 17.9. The first-order chi connectivity index (χ1) is 12.8. The predicted octanol–water partition coefficient (Wildman–Crippen LogP) is 3.88. The largest absolute Gasteiger partial charge is 0.363 e. The van der Waals surface area contributed by atoms with Crippen LogP contribution in [0.15, 0.2) is 42.7 Å². The van der Waals surface area contributed by atoms with Gasteiger partial charge in [0.25, 0.3) is 5.91 Å². The van der Waals surface area contributed by atoms with Crippen LogP contribution in [0.25, 0.3) is 0 Å². The van der Waals surface area contributed by atoms with Gasteiger partial charge in [0.1, 0.15) is 11.6 Å². The monoisotopic (exact) mass is 371 g/mol. The van der Waals surface area contributed by atoms with Gasteiger partial charge in [-0.3, -0.25) is 9.78 Å². The molecule has 0 aliphatic carbocycles. The molecule has 2 saturated heterocycles. The molecule has 4 rings (SSSR count). The van der Waals surface area contributed by atoms with Gasteiger partial charge in [-0.15, -0.1) is 0 Å². The van der Waals surface area contributed by atoms with Gasteiger partial charge in [-0.2, -0.15) is 0 Å². The third kappa shape index (κ3) is 3.29. The van der Waals surface area contributed by atoms with Gasteiger partial charge in [0.2, 0.25) is 0 Å². The second-order valence-corrected chi connectivity index (χ2v) is 8.13. The average Bonchev–Trinajstić information content (AvgIpc) is 2.89. The molecule has 6 heteroatoms. The fourth-order valence-electron chi connectivity index (χ4n) is 4.81. The number of halogens is 2. The molecular weight excluding hydrogens is 348 g/mol. The van der Waals surface area contributed by atoms with E-state index in [2.05, 4.69) is 23.7 Å². The second kappa shape index (κ2) is 6.59. The van der Waals surface area contributed by atoms with Crippen LogP contribution in [0.5, 0.6) is 0 Å². The van der Waals surface area contributed by atoms with Gasteiger partial charge in [-0.1, -0.05) is 6.07 Å². The molecule has 2 aromatic rings. The maximum absolute atomic E-state index is 13.8. The molecule has 142 valence electrons. The fraction of sp³-hybridized carbons (Fsp3) is 0.429. The summed E-state index contributed by atoms with van der Waals surface area (Å²) in [6.45, 7) is 5.55. The summed E-state index contributed by atoms with van der Waals surface area (Å²) in [5.74, 6) is -0.627. The molecule has 0 spiro atoms. The van der Waals surface area contributed by atoms with Crippen LogP contribution in [-0.4, -0.2) is 40.5 Å². The normalized spacial score (nSPS) is 24.0. The lowest BCUT2D eigenvalue weighted by Crippen LogP contribution is -2.50. The smallest absolute Gasteiger partial charge is 0.255 e. The van der Waals surface area contributed by atoms with Crippen LogP contribution >= 0.6 is 0 Å². The summed E-state index contributed by atoms with van der Waals surface area (Å²) in [4.78, 5) is 20.6. The third-order valence-corrected chi connectivity index (χ3v) is 5.76. The Morgan fingerprint density at radius 3 is 2.74 bits per heavy atom. The fourth-order valence-corrected chi connectivity index (χ4v) is 4.81. The third-order valence-electron chi connectivity index (χ3n) is 5.76. The Bertz CT molecular complexity index is 870.